The molecule has 14 heavy (non-hydrogen) atoms. The van der Waals surface area contributed by atoms with E-state index in [9.17, 15) is 4.79 Å². The molecule has 0 unspecified atom stereocenters. The number of nitrogens with zero attached hydrogens (tertiary/aromatic N) is 1. The molecule has 72 valence electrons. The summed E-state index contributed by atoms with van der Waals surface area (Å²) in [7, 11) is 1.60. The summed E-state index contributed by atoms with van der Waals surface area (Å²) in [6, 6.07) is 3.54. The molecule has 1 aromatic heterocycles. The van der Waals surface area contributed by atoms with Crippen LogP contribution in [0.5, 0.6) is 5.75 Å². The van der Waals surface area contributed by atoms with Gasteiger partial charge < -0.3 is 9.72 Å². The second-order valence-electron chi connectivity index (χ2n) is 3.07. The van der Waals surface area contributed by atoms with E-state index in [0.29, 0.717) is 10.9 Å². The first-order valence-corrected chi connectivity index (χ1v) is 4.24. The lowest BCUT2D eigenvalue weighted by atomic mass is 10.1. The van der Waals surface area contributed by atoms with Gasteiger partial charge in [0.25, 0.3) is 5.56 Å². The van der Waals surface area contributed by atoms with Crippen LogP contribution in [0.15, 0.2) is 23.3 Å². The van der Waals surface area contributed by atoms with Gasteiger partial charge in [-0.3, -0.25) is 4.79 Å². The zero-order valence-corrected chi connectivity index (χ0v) is 8.00. The van der Waals surface area contributed by atoms with Crippen molar-refractivity contribution in [1.82, 2.24) is 9.97 Å². The van der Waals surface area contributed by atoms with E-state index in [4.69, 9.17) is 4.74 Å². The number of hydrogen-bond donors (Lipinski definition) is 1. The summed E-state index contributed by atoms with van der Waals surface area (Å²) in [4.78, 5) is 18.0. The Morgan fingerprint density at radius 3 is 2.93 bits per heavy atom. The molecule has 0 atom stereocenters. The quantitative estimate of drug-likeness (QED) is 0.736. The number of fused-ring (bicyclic) bond motifs is 1. The molecule has 4 heteroatoms. The number of rotatable bonds is 1. The molecule has 1 aromatic carbocycles. The van der Waals surface area contributed by atoms with Crippen LogP contribution < -0.4 is 10.3 Å². The molecule has 2 aromatic rings. The van der Waals surface area contributed by atoms with Crippen LogP contribution in [-0.4, -0.2) is 17.1 Å². The van der Waals surface area contributed by atoms with E-state index in [1.807, 2.05) is 6.92 Å². The number of methoxy groups -OCH3 is 1. The van der Waals surface area contributed by atoms with Gasteiger partial charge in [-0.2, -0.15) is 0 Å². The average molecular weight is 190 g/mol. The molecule has 2 rings (SSSR count). The number of hydrogen-bond acceptors (Lipinski definition) is 3. The van der Waals surface area contributed by atoms with E-state index in [1.165, 1.54) is 6.33 Å². The minimum atomic E-state index is -0.124. The first-order valence-electron chi connectivity index (χ1n) is 4.24. The monoisotopic (exact) mass is 190 g/mol. The fraction of sp³-hybridized carbons (Fsp3) is 0.200. The summed E-state index contributed by atoms with van der Waals surface area (Å²) < 4.78 is 5.14. The second-order valence-corrected chi connectivity index (χ2v) is 3.07. The van der Waals surface area contributed by atoms with E-state index < -0.39 is 0 Å². The van der Waals surface area contributed by atoms with E-state index in [0.717, 1.165) is 11.3 Å². The molecule has 4 nitrogen and oxygen atoms in total. The number of aryl methyl sites for hydroxylation is 1. The normalized spacial score (nSPS) is 10.4. The van der Waals surface area contributed by atoms with Crippen LogP contribution in [0.25, 0.3) is 10.9 Å². The zero-order chi connectivity index (χ0) is 10.1. The molecule has 0 saturated carbocycles. The van der Waals surface area contributed by atoms with Gasteiger partial charge in [-0.25, -0.2) is 4.98 Å². The highest BCUT2D eigenvalue weighted by atomic mass is 16.5. The summed E-state index contributed by atoms with van der Waals surface area (Å²) in [5, 5.41) is 0.589. The van der Waals surface area contributed by atoms with Crippen LogP contribution in [0.1, 0.15) is 5.56 Å². The van der Waals surface area contributed by atoms with Crippen LogP contribution in [0.4, 0.5) is 0 Å². The van der Waals surface area contributed by atoms with Gasteiger partial charge in [0.2, 0.25) is 0 Å². The van der Waals surface area contributed by atoms with E-state index >= 15 is 0 Å². The van der Waals surface area contributed by atoms with Crippen molar-refractivity contribution in [2.24, 2.45) is 0 Å². The van der Waals surface area contributed by atoms with Gasteiger partial charge in [0.1, 0.15) is 5.75 Å². The SMILES string of the molecule is COc1cc2nc[nH]c(=O)c2cc1C. The van der Waals surface area contributed by atoms with Crippen LogP contribution in [0.2, 0.25) is 0 Å². The third kappa shape index (κ3) is 1.25. The molecule has 0 radical (unpaired) electrons. The third-order valence-corrected chi connectivity index (χ3v) is 2.16. The Bertz CT molecular complexity index is 531. The van der Waals surface area contributed by atoms with Crippen molar-refractivity contribution < 1.29 is 4.74 Å². The number of aromatic amines is 1. The van der Waals surface area contributed by atoms with Crippen molar-refractivity contribution in [3.05, 3.63) is 34.4 Å². The predicted octanol–water partition coefficient (Wildman–Crippen LogP) is 1.24. The van der Waals surface area contributed by atoms with Crippen molar-refractivity contribution in [3.8, 4) is 5.75 Å². The van der Waals surface area contributed by atoms with Crippen molar-refractivity contribution in [3.63, 3.8) is 0 Å². The highest BCUT2D eigenvalue weighted by Gasteiger charge is 2.04. The topological polar surface area (TPSA) is 55.0 Å². The molecule has 0 aliphatic rings. The van der Waals surface area contributed by atoms with Crippen LogP contribution in [0.3, 0.4) is 0 Å². The lowest BCUT2D eigenvalue weighted by molar-refractivity contribution is 0.412. The van der Waals surface area contributed by atoms with Gasteiger partial charge in [0.05, 0.1) is 24.3 Å². The molecular weight excluding hydrogens is 180 g/mol. The van der Waals surface area contributed by atoms with Gasteiger partial charge in [-0.05, 0) is 18.6 Å². The van der Waals surface area contributed by atoms with Gasteiger partial charge in [0, 0.05) is 6.07 Å². The fourth-order valence-electron chi connectivity index (χ4n) is 1.42. The van der Waals surface area contributed by atoms with Gasteiger partial charge in [0.15, 0.2) is 0 Å². The maximum atomic E-state index is 11.4. The summed E-state index contributed by atoms with van der Waals surface area (Å²) in [5.41, 5.74) is 1.45. The molecule has 1 N–H and O–H groups in total. The Morgan fingerprint density at radius 2 is 2.21 bits per heavy atom. The fourth-order valence-corrected chi connectivity index (χ4v) is 1.42. The lowest BCUT2D eigenvalue weighted by Gasteiger charge is -2.04. The van der Waals surface area contributed by atoms with Crippen molar-refractivity contribution in [2.45, 2.75) is 6.92 Å². The number of benzene rings is 1. The molecule has 0 saturated heterocycles. The summed E-state index contributed by atoms with van der Waals surface area (Å²) in [6.07, 6.45) is 1.39. The summed E-state index contributed by atoms with van der Waals surface area (Å²) in [6.45, 7) is 1.89. The first kappa shape index (κ1) is 8.74. The average Bonchev–Trinajstić information content (AvgIpc) is 2.19. The Kier molecular flexibility index (Phi) is 1.96. The molecule has 0 fully saturated rings. The zero-order valence-electron chi connectivity index (χ0n) is 8.00. The smallest absolute Gasteiger partial charge is 0.258 e. The molecular formula is C10H10N2O2. The number of ether oxygens (including phenoxy) is 1. The molecule has 0 bridgehead atoms. The number of aromatic nitrogens is 2. The van der Waals surface area contributed by atoms with Crippen molar-refractivity contribution >= 4 is 10.9 Å². The van der Waals surface area contributed by atoms with Gasteiger partial charge >= 0.3 is 0 Å². The molecule has 0 amide bonds. The maximum absolute atomic E-state index is 11.4. The van der Waals surface area contributed by atoms with Crippen LogP contribution in [0, 0.1) is 6.92 Å². The Balaban J connectivity index is 2.86. The maximum Gasteiger partial charge on any atom is 0.258 e. The highest BCUT2D eigenvalue weighted by Crippen LogP contribution is 2.21. The third-order valence-electron chi connectivity index (χ3n) is 2.16. The highest BCUT2D eigenvalue weighted by molar-refractivity contribution is 5.80. The largest absolute Gasteiger partial charge is 0.496 e. The lowest BCUT2D eigenvalue weighted by Crippen LogP contribution is -2.06. The molecule has 0 aliphatic heterocycles. The first-order chi connectivity index (χ1) is 6.72. The Labute approximate surface area is 80.6 Å². The van der Waals surface area contributed by atoms with Crippen molar-refractivity contribution in [1.29, 1.82) is 0 Å². The Morgan fingerprint density at radius 1 is 1.43 bits per heavy atom. The standard InChI is InChI=1S/C10H10N2O2/c1-6-3-7-8(4-9(6)14-2)11-5-12-10(7)13/h3-5H,1-2H3,(H,11,12,13). The van der Waals surface area contributed by atoms with Crippen LogP contribution >= 0.6 is 0 Å². The van der Waals surface area contributed by atoms with E-state index in [1.54, 1.807) is 19.2 Å². The molecule has 0 spiro atoms. The Hall–Kier alpha value is -1.84. The van der Waals surface area contributed by atoms with E-state index in [2.05, 4.69) is 9.97 Å². The van der Waals surface area contributed by atoms with E-state index in [-0.39, 0.29) is 5.56 Å². The second kappa shape index (κ2) is 3.14. The van der Waals surface area contributed by atoms with Crippen molar-refractivity contribution in [2.75, 3.05) is 7.11 Å². The van der Waals surface area contributed by atoms with Crippen LogP contribution in [-0.2, 0) is 0 Å². The minimum absolute atomic E-state index is 0.124. The summed E-state index contributed by atoms with van der Waals surface area (Å²) in [5.74, 6) is 0.746. The van der Waals surface area contributed by atoms with Gasteiger partial charge in [-0.15, -0.1) is 0 Å². The molecule has 1 heterocycles. The summed E-state index contributed by atoms with van der Waals surface area (Å²) >= 11 is 0. The number of nitrogens with one attached hydrogen (secondary N) is 1. The van der Waals surface area contributed by atoms with Gasteiger partial charge in [-0.1, -0.05) is 0 Å². The predicted molar refractivity (Wildman–Crippen MR) is 53.7 cm³/mol. The minimum Gasteiger partial charge on any atom is -0.496 e. The molecule has 0 aliphatic carbocycles. The number of H-pyrrole nitrogens is 1.